The van der Waals surface area contributed by atoms with Crippen molar-refractivity contribution in [3.63, 3.8) is 0 Å². The normalized spacial score (nSPS) is 11.3. The summed E-state index contributed by atoms with van der Waals surface area (Å²) in [4.78, 5) is 11.6. The maximum atomic E-state index is 11.6. The second kappa shape index (κ2) is 7.03. The Kier molecular flexibility index (Phi) is 5.67. The third-order valence-corrected chi connectivity index (χ3v) is 2.65. The quantitative estimate of drug-likeness (QED) is 0.577. The molecule has 7 heteroatoms. The highest BCUT2D eigenvalue weighted by atomic mass is 35.5. The minimum atomic E-state index is -0.697. The minimum Gasteiger partial charge on any atom is -0.479 e. The van der Waals surface area contributed by atoms with E-state index in [1.165, 1.54) is 0 Å². The number of ether oxygens (including phenoxy) is 1. The van der Waals surface area contributed by atoms with Crippen LogP contribution < -0.4 is 20.9 Å². The van der Waals surface area contributed by atoms with Crippen molar-refractivity contribution < 1.29 is 9.53 Å². The van der Waals surface area contributed by atoms with Crippen molar-refractivity contribution in [1.29, 1.82) is 0 Å². The lowest BCUT2D eigenvalue weighted by Gasteiger charge is -2.16. The summed E-state index contributed by atoms with van der Waals surface area (Å²) in [5.74, 6) is 0.102. The summed E-state index contributed by atoms with van der Waals surface area (Å²) in [7, 11) is 1.64. The molecule has 0 spiro atoms. The number of thiocarbonyl (C=S) groups is 1. The van der Waals surface area contributed by atoms with Crippen LogP contribution in [0.2, 0.25) is 5.02 Å². The van der Waals surface area contributed by atoms with Crippen molar-refractivity contribution in [3.8, 4) is 5.75 Å². The van der Waals surface area contributed by atoms with Gasteiger partial charge in [0, 0.05) is 7.05 Å². The van der Waals surface area contributed by atoms with Gasteiger partial charge in [-0.1, -0.05) is 23.7 Å². The van der Waals surface area contributed by atoms with Crippen LogP contribution in [-0.4, -0.2) is 24.2 Å². The average Bonchev–Trinajstić information content (AvgIpc) is 2.38. The Hall–Kier alpha value is -1.53. The van der Waals surface area contributed by atoms with Crippen LogP contribution in [0.3, 0.4) is 0 Å². The molecule has 1 atom stereocenters. The van der Waals surface area contributed by atoms with E-state index in [0.29, 0.717) is 15.9 Å². The predicted molar refractivity (Wildman–Crippen MR) is 74.5 cm³/mol. The lowest BCUT2D eigenvalue weighted by Crippen LogP contribution is -2.49. The Morgan fingerprint density at radius 1 is 1.39 bits per heavy atom. The highest BCUT2D eigenvalue weighted by Gasteiger charge is 2.15. The fourth-order valence-electron chi connectivity index (χ4n) is 1.07. The van der Waals surface area contributed by atoms with Gasteiger partial charge in [0.25, 0.3) is 5.91 Å². The molecule has 0 aliphatic carbocycles. The van der Waals surface area contributed by atoms with Crippen molar-refractivity contribution in [2.75, 3.05) is 7.05 Å². The molecule has 0 saturated heterocycles. The van der Waals surface area contributed by atoms with E-state index in [9.17, 15) is 4.79 Å². The van der Waals surface area contributed by atoms with E-state index in [4.69, 9.17) is 28.6 Å². The Balaban J connectivity index is 2.50. The van der Waals surface area contributed by atoms with Crippen molar-refractivity contribution in [3.05, 3.63) is 29.3 Å². The van der Waals surface area contributed by atoms with Gasteiger partial charge in [-0.05, 0) is 31.3 Å². The first kappa shape index (κ1) is 14.5. The van der Waals surface area contributed by atoms with Gasteiger partial charge in [-0.3, -0.25) is 15.6 Å². The number of rotatable bonds is 3. The van der Waals surface area contributed by atoms with Gasteiger partial charge in [-0.15, -0.1) is 0 Å². The maximum Gasteiger partial charge on any atom is 0.279 e. The molecule has 18 heavy (non-hydrogen) atoms. The van der Waals surface area contributed by atoms with E-state index in [1.54, 1.807) is 38.2 Å². The fourth-order valence-corrected chi connectivity index (χ4v) is 1.30. The molecule has 98 valence electrons. The van der Waals surface area contributed by atoms with Crippen molar-refractivity contribution >= 4 is 34.8 Å². The van der Waals surface area contributed by atoms with E-state index < -0.39 is 6.10 Å². The Bertz CT molecular complexity index is 442. The Labute approximate surface area is 116 Å². The number of hydrogen-bond acceptors (Lipinski definition) is 3. The summed E-state index contributed by atoms with van der Waals surface area (Å²) in [5.41, 5.74) is 4.93. The second-order valence-corrected chi connectivity index (χ2v) is 4.20. The standard InChI is InChI=1S/C11H14ClN3O2S/c1-7(10(16)14-15-11(18)13-2)17-9-6-4-3-5-8(9)12/h3-7H,1-2H3,(H,14,16)(H2,13,15,18). The number of para-hydroxylation sites is 1. The molecular formula is C11H14ClN3O2S. The van der Waals surface area contributed by atoms with Crippen molar-refractivity contribution in [1.82, 2.24) is 16.2 Å². The zero-order chi connectivity index (χ0) is 13.5. The number of nitrogens with one attached hydrogen (secondary N) is 3. The summed E-state index contributed by atoms with van der Waals surface area (Å²) < 4.78 is 5.43. The van der Waals surface area contributed by atoms with Crippen molar-refractivity contribution in [2.24, 2.45) is 0 Å². The lowest BCUT2D eigenvalue weighted by atomic mass is 10.3. The summed E-state index contributed by atoms with van der Waals surface area (Å²) in [6, 6.07) is 6.95. The smallest absolute Gasteiger partial charge is 0.279 e. The first-order valence-electron chi connectivity index (χ1n) is 5.23. The van der Waals surface area contributed by atoms with Gasteiger partial charge in [0.15, 0.2) is 11.2 Å². The van der Waals surface area contributed by atoms with E-state index in [2.05, 4.69) is 16.2 Å². The number of hydrogen-bond donors (Lipinski definition) is 3. The molecule has 0 heterocycles. The minimum absolute atomic E-state index is 0.313. The summed E-state index contributed by atoms with van der Waals surface area (Å²) in [5, 5.41) is 3.43. The van der Waals surface area contributed by atoms with Crippen LogP contribution in [-0.2, 0) is 4.79 Å². The molecule has 0 aliphatic heterocycles. The molecule has 1 rings (SSSR count). The number of carbonyl (C=O) groups excluding carboxylic acids is 1. The zero-order valence-electron chi connectivity index (χ0n) is 9.99. The SMILES string of the molecule is CNC(=S)NNC(=O)C(C)Oc1ccccc1Cl. The van der Waals surface area contributed by atoms with Crippen LogP contribution in [0.25, 0.3) is 0 Å². The van der Waals surface area contributed by atoms with Gasteiger partial charge in [-0.25, -0.2) is 0 Å². The highest BCUT2D eigenvalue weighted by Crippen LogP contribution is 2.24. The van der Waals surface area contributed by atoms with E-state index >= 15 is 0 Å². The van der Waals surface area contributed by atoms with Crippen molar-refractivity contribution in [2.45, 2.75) is 13.0 Å². The molecule has 1 aromatic carbocycles. The molecule has 0 fully saturated rings. The third kappa shape index (κ3) is 4.38. The van der Waals surface area contributed by atoms with Crippen LogP contribution in [0.15, 0.2) is 24.3 Å². The summed E-state index contributed by atoms with van der Waals surface area (Å²) in [6.07, 6.45) is -0.697. The van der Waals surface area contributed by atoms with Crippen LogP contribution in [0.4, 0.5) is 0 Å². The van der Waals surface area contributed by atoms with E-state index in [0.717, 1.165) is 0 Å². The van der Waals surface area contributed by atoms with Gasteiger partial charge in [-0.2, -0.15) is 0 Å². The first-order valence-corrected chi connectivity index (χ1v) is 6.02. The molecule has 0 aliphatic rings. The summed E-state index contributed by atoms with van der Waals surface area (Å²) in [6.45, 7) is 1.61. The number of hydrazine groups is 1. The lowest BCUT2D eigenvalue weighted by molar-refractivity contribution is -0.127. The Morgan fingerprint density at radius 2 is 2.06 bits per heavy atom. The molecule has 3 N–H and O–H groups in total. The van der Waals surface area contributed by atoms with Gasteiger partial charge in [0.05, 0.1) is 5.02 Å². The van der Waals surface area contributed by atoms with Gasteiger partial charge in [0.1, 0.15) is 5.75 Å². The fraction of sp³-hybridized carbons (Fsp3) is 0.273. The summed E-state index contributed by atoms with van der Waals surface area (Å²) >= 11 is 10.7. The molecule has 0 saturated carbocycles. The molecule has 1 unspecified atom stereocenters. The van der Waals surface area contributed by atoms with Crippen LogP contribution >= 0.6 is 23.8 Å². The molecule has 0 aromatic heterocycles. The maximum absolute atomic E-state index is 11.6. The van der Waals surface area contributed by atoms with Crippen LogP contribution in [0.1, 0.15) is 6.92 Å². The predicted octanol–water partition coefficient (Wildman–Crippen LogP) is 1.23. The van der Waals surface area contributed by atoms with Gasteiger partial charge < -0.3 is 10.1 Å². The largest absolute Gasteiger partial charge is 0.479 e. The van der Waals surface area contributed by atoms with E-state index in [1.807, 2.05) is 0 Å². The number of carbonyl (C=O) groups is 1. The molecule has 1 aromatic rings. The monoisotopic (exact) mass is 287 g/mol. The highest BCUT2D eigenvalue weighted by molar-refractivity contribution is 7.80. The van der Waals surface area contributed by atoms with Gasteiger partial charge >= 0.3 is 0 Å². The molecule has 1 amide bonds. The topological polar surface area (TPSA) is 62.4 Å². The first-order chi connectivity index (χ1) is 8.54. The van der Waals surface area contributed by atoms with E-state index in [-0.39, 0.29) is 5.91 Å². The van der Waals surface area contributed by atoms with Gasteiger partial charge in [0.2, 0.25) is 0 Å². The average molecular weight is 288 g/mol. The Morgan fingerprint density at radius 3 is 2.67 bits per heavy atom. The van der Waals surface area contributed by atoms with Crippen LogP contribution in [0.5, 0.6) is 5.75 Å². The molecule has 5 nitrogen and oxygen atoms in total. The number of amides is 1. The third-order valence-electron chi connectivity index (χ3n) is 2.04. The number of halogens is 1. The molecule has 0 radical (unpaired) electrons. The molecular weight excluding hydrogens is 274 g/mol. The van der Waals surface area contributed by atoms with Crippen LogP contribution in [0, 0.1) is 0 Å². The number of benzene rings is 1. The molecule has 0 bridgehead atoms. The second-order valence-electron chi connectivity index (χ2n) is 3.38. The zero-order valence-corrected chi connectivity index (χ0v) is 11.6.